The first kappa shape index (κ1) is 10.7. The van der Waals surface area contributed by atoms with Gasteiger partial charge in [-0.1, -0.05) is 0 Å². The maximum absolute atomic E-state index is 11.5. The molecule has 0 bridgehead atoms. The number of carbonyl (C=O) groups excluding carboxylic acids is 1. The standard InChI is InChI=1S/C10H20N4O/c15-10(13-7-8-5-11-6-8)14-9-3-1-2-4-12-9/h8-9,11-12H,1-7H2,(H2,13,14,15). The number of hydrogen-bond donors (Lipinski definition) is 4. The third-order valence-electron chi connectivity index (χ3n) is 3.03. The van der Waals surface area contributed by atoms with Crippen molar-refractivity contribution in [1.82, 2.24) is 21.3 Å². The Labute approximate surface area is 90.4 Å². The summed E-state index contributed by atoms with van der Waals surface area (Å²) in [7, 11) is 0. The summed E-state index contributed by atoms with van der Waals surface area (Å²) in [5.41, 5.74) is 0. The quantitative estimate of drug-likeness (QED) is 0.515. The van der Waals surface area contributed by atoms with Crippen LogP contribution in [0.15, 0.2) is 0 Å². The summed E-state index contributed by atoms with van der Waals surface area (Å²) >= 11 is 0. The fourth-order valence-electron chi connectivity index (χ4n) is 1.91. The third kappa shape index (κ3) is 3.35. The minimum atomic E-state index is -0.0405. The lowest BCUT2D eigenvalue weighted by molar-refractivity contribution is 0.225. The number of hydrogen-bond acceptors (Lipinski definition) is 3. The van der Waals surface area contributed by atoms with Gasteiger partial charge in [-0.05, 0) is 25.8 Å². The first-order chi connectivity index (χ1) is 7.34. The van der Waals surface area contributed by atoms with Crippen molar-refractivity contribution in [3.63, 3.8) is 0 Å². The average Bonchev–Trinajstić information content (AvgIpc) is 2.17. The van der Waals surface area contributed by atoms with Gasteiger partial charge in [0.25, 0.3) is 0 Å². The van der Waals surface area contributed by atoms with Crippen molar-refractivity contribution in [1.29, 1.82) is 0 Å². The Morgan fingerprint density at radius 2 is 2.20 bits per heavy atom. The van der Waals surface area contributed by atoms with Crippen molar-refractivity contribution >= 4 is 6.03 Å². The normalized spacial score (nSPS) is 26.8. The molecule has 15 heavy (non-hydrogen) atoms. The number of piperidine rings is 1. The van der Waals surface area contributed by atoms with Crippen LogP contribution < -0.4 is 21.3 Å². The van der Waals surface area contributed by atoms with Crippen molar-refractivity contribution < 1.29 is 4.79 Å². The molecule has 0 aromatic carbocycles. The van der Waals surface area contributed by atoms with Crippen LogP contribution in [0.3, 0.4) is 0 Å². The average molecular weight is 212 g/mol. The summed E-state index contributed by atoms with van der Waals surface area (Å²) in [4.78, 5) is 11.5. The van der Waals surface area contributed by atoms with Crippen molar-refractivity contribution in [2.75, 3.05) is 26.2 Å². The van der Waals surface area contributed by atoms with E-state index in [1.807, 2.05) is 0 Å². The molecule has 0 radical (unpaired) electrons. The minimum Gasteiger partial charge on any atom is -0.338 e. The molecule has 86 valence electrons. The first-order valence-corrected chi connectivity index (χ1v) is 5.83. The van der Waals surface area contributed by atoms with Crippen LogP contribution >= 0.6 is 0 Å². The van der Waals surface area contributed by atoms with Crippen molar-refractivity contribution in [2.45, 2.75) is 25.4 Å². The van der Waals surface area contributed by atoms with Gasteiger partial charge in [0.05, 0.1) is 6.17 Å². The number of nitrogens with one attached hydrogen (secondary N) is 4. The molecule has 5 heteroatoms. The lowest BCUT2D eigenvalue weighted by Gasteiger charge is -2.28. The molecule has 0 aliphatic carbocycles. The van der Waals surface area contributed by atoms with Gasteiger partial charge in [-0.25, -0.2) is 4.79 Å². The van der Waals surface area contributed by atoms with Gasteiger partial charge < -0.3 is 16.0 Å². The number of rotatable bonds is 3. The Morgan fingerprint density at radius 3 is 2.80 bits per heavy atom. The van der Waals surface area contributed by atoms with Gasteiger partial charge in [-0.2, -0.15) is 0 Å². The van der Waals surface area contributed by atoms with Crippen LogP contribution in [0.1, 0.15) is 19.3 Å². The van der Waals surface area contributed by atoms with E-state index in [-0.39, 0.29) is 12.2 Å². The second kappa shape index (κ2) is 5.32. The van der Waals surface area contributed by atoms with Crippen molar-refractivity contribution in [2.24, 2.45) is 5.92 Å². The molecule has 2 fully saturated rings. The van der Waals surface area contributed by atoms with Crippen molar-refractivity contribution in [3.8, 4) is 0 Å². The predicted molar refractivity (Wildman–Crippen MR) is 58.5 cm³/mol. The lowest BCUT2D eigenvalue weighted by Crippen LogP contribution is -2.54. The lowest BCUT2D eigenvalue weighted by atomic mass is 10.0. The third-order valence-corrected chi connectivity index (χ3v) is 3.03. The fourth-order valence-corrected chi connectivity index (χ4v) is 1.91. The van der Waals surface area contributed by atoms with Crippen LogP contribution in [0.25, 0.3) is 0 Å². The summed E-state index contributed by atoms with van der Waals surface area (Å²) in [6, 6.07) is -0.0405. The minimum absolute atomic E-state index is 0.0405. The highest BCUT2D eigenvalue weighted by molar-refractivity contribution is 5.74. The Kier molecular flexibility index (Phi) is 3.80. The molecule has 5 nitrogen and oxygen atoms in total. The van der Waals surface area contributed by atoms with E-state index in [0.717, 1.165) is 32.6 Å². The zero-order valence-electron chi connectivity index (χ0n) is 9.01. The zero-order valence-corrected chi connectivity index (χ0v) is 9.01. The summed E-state index contributed by atoms with van der Waals surface area (Å²) in [6.07, 6.45) is 3.62. The van der Waals surface area contributed by atoms with Gasteiger partial charge in [0.2, 0.25) is 0 Å². The van der Waals surface area contributed by atoms with Crippen LogP contribution in [0.4, 0.5) is 4.79 Å². The van der Waals surface area contributed by atoms with E-state index in [9.17, 15) is 4.79 Å². The smallest absolute Gasteiger partial charge is 0.316 e. The fraction of sp³-hybridized carbons (Fsp3) is 0.900. The maximum Gasteiger partial charge on any atom is 0.316 e. The predicted octanol–water partition coefficient (Wildman–Crippen LogP) is -0.395. The Hall–Kier alpha value is -0.810. The highest BCUT2D eigenvalue weighted by Gasteiger charge is 2.18. The molecule has 2 rings (SSSR count). The maximum atomic E-state index is 11.5. The molecular formula is C10H20N4O. The number of amides is 2. The van der Waals surface area contributed by atoms with E-state index < -0.39 is 0 Å². The Balaban J connectivity index is 1.58. The summed E-state index contributed by atoms with van der Waals surface area (Å²) in [6.45, 7) is 3.85. The largest absolute Gasteiger partial charge is 0.338 e. The molecule has 1 atom stereocenters. The first-order valence-electron chi connectivity index (χ1n) is 5.83. The molecule has 0 aromatic rings. The Bertz CT molecular complexity index is 211. The van der Waals surface area contributed by atoms with Gasteiger partial charge in [0, 0.05) is 25.6 Å². The number of carbonyl (C=O) groups is 1. The van der Waals surface area contributed by atoms with E-state index >= 15 is 0 Å². The van der Waals surface area contributed by atoms with Gasteiger partial charge in [-0.15, -0.1) is 0 Å². The molecule has 0 aromatic heterocycles. The molecule has 2 aliphatic heterocycles. The van der Waals surface area contributed by atoms with Gasteiger partial charge in [-0.3, -0.25) is 5.32 Å². The second-order valence-corrected chi connectivity index (χ2v) is 4.38. The van der Waals surface area contributed by atoms with Crippen LogP contribution in [0, 0.1) is 5.92 Å². The van der Waals surface area contributed by atoms with Crippen LogP contribution in [-0.4, -0.2) is 38.4 Å². The van der Waals surface area contributed by atoms with E-state index in [4.69, 9.17) is 0 Å². The monoisotopic (exact) mass is 212 g/mol. The van der Waals surface area contributed by atoms with E-state index in [1.54, 1.807) is 0 Å². The van der Waals surface area contributed by atoms with Crippen LogP contribution in [-0.2, 0) is 0 Å². The highest BCUT2D eigenvalue weighted by atomic mass is 16.2. The highest BCUT2D eigenvalue weighted by Crippen LogP contribution is 2.04. The van der Waals surface area contributed by atoms with Gasteiger partial charge in [0.1, 0.15) is 0 Å². The topological polar surface area (TPSA) is 65.2 Å². The van der Waals surface area contributed by atoms with Crippen molar-refractivity contribution in [3.05, 3.63) is 0 Å². The summed E-state index contributed by atoms with van der Waals surface area (Å²) in [5, 5.41) is 12.3. The van der Waals surface area contributed by atoms with Crippen LogP contribution in [0.2, 0.25) is 0 Å². The molecule has 2 heterocycles. The zero-order chi connectivity index (χ0) is 10.5. The van der Waals surface area contributed by atoms with E-state index in [1.165, 1.54) is 12.8 Å². The van der Waals surface area contributed by atoms with Crippen LogP contribution in [0.5, 0.6) is 0 Å². The summed E-state index contributed by atoms with van der Waals surface area (Å²) in [5.74, 6) is 0.620. The molecular weight excluding hydrogens is 192 g/mol. The van der Waals surface area contributed by atoms with E-state index in [0.29, 0.717) is 5.92 Å². The Morgan fingerprint density at radius 1 is 1.33 bits per heavy atom. The molecule has 1 unspecified atom stereocenters. The molecule has 2 saturated heterocycles. The SMILES string of the molecule is O=C(NCC1CNC1)NC1CCCCN1. The molecule has 0 spiro atoms. The number of urea groups is 1. The summed E-state index contributed by atoms with van der Waals surface area (Å²) < 4.78 is 0. The second-order valence-electron chi connectivity index (χ2n) is 4.38. The van der Waals surface area contributed by atoms with Gasteiger partial charge >= 0.3 is 6.03 Å². The molecule has 2 amide bonds. The van der Waals surface area contributed by atoms with Gasteiger partial charge in [0.15, 0.2) is 0 Å². The molecule has 2 aliphatic rings. The van der Waals surface area contributed by atoms with E-state index in [2.05, 4.69) is 21.3 Å². The molecule has 4 N–H and O–H groups in total. The molecule has 0 saturated carbocycles.